The maximum atomic E-state index is 12.7. The number of likely N-dealkylation sites (N-methyl/N-ethyl adjacent to an activating group) is 1. The molecule has 1 aliphatic heterocycles. The van der Waals surface area contributed by atoms with Gasteiger partial charge in [-0.1, -0.05) is 13.8 Å². The molecule has 0 aromatic carbocycles. The molecule has 7 heteroatoms. The first-order valence-electron chi connectivity index (χ1n) is 7.57. The SMILES string of the molecule is CCNCc1cc(S(=O)(=O)N2CCN(CC)CC2)cn1C. The standard InChI is InChI=1S/C14H26N4O2S/c1-4-15-11-13-10-14(12-16(13)3)21(19,20)18-8-6-17(5-2)7-9-18/h10,12,15H,4-9,11H2,1-3H3. The second-order valence-electron chi connectivity index (χ2n) is 5.40. The molecule has 1 saturated heterocycles. The van der Waals surface area contributed by atoms with E-state index in [2.05, 4.69) is 17.1 Å². The average molecular weight is 314 g/mol. The molecule has 21 heavy (non-hydrogen) atoms. The van der Waals surface area contributed by atoms with Crippen LogP contribution in [0.25, 0.3) is 0 Å². The normalized spacial score (nSPS) is 18.2. The van der Waals surface area contributed by atoms with Crippen LogP contribution in [-0.4, -0.2) is 61.5 Å². The van der Waals surface area contributed by atoms with Crippen molar-refractivity contribution in [1.29, 1.82) is 0 Å². The highest BCUT2D eigenvalue weighted by Crippen LogP contribution is 2.20. The molecule has 120 valence electrons. The van der Waals surface area contributed by atoms with E-state index in [0.29, 0.717) is 24.5 Å². The minimum Gasteiger partial charge on any atom is -0.352 e. The molecule has 0 bridgehead atoms. The number of aromatic nitrogens is 1. The van der Waals surface area contributed by atoms with E-state index in [4.69, 9.17) is 0 Å². The van der Waals surface area contributed by atoms with Gasteiger partial charge in [0, 0.05) is 51.7 Å². The fraction of sp³-hybridized carbons (Fsp3) is 0.714. The highest BCUT2D eigenvalue weighted by atomic mass is 32.2. The first kappa shape index (κ1) is 16.5. The number of rotatable bonds is 6. The molecule has 1 N–H and O–H groups in total. The number of sulfonamides is 1. The van der Waals surface area contributed by atoms with E-state index in [0.717, 1.165) is 31.9 Å². The highest BCUT2D eigenvalue weighted by molar-refractivity contribution is 7.89. The van der Waals surface area contributed by atoms with Gasteiger partial charge in [0.1, 0.15) is 4.90 Å². The minimum atomic E-state index is -3.36. The molecule has 2 heterocycles. The zero-order valence-electron chi connectivity index (χ0n) is 13.2. The fourth-order valence-corrected chi connectivity index (χ4v) is 4.10. The first-order valence-corrected chi connectivity index (χ1v) is 9.01. The third-order valence-corrected chi connectivity index (χ3v) is 5.92. The zero-order chi connectivity index (χ0) is 15.5. The largest absolute Gasteiger partial charge is 0.352 e. The van der Waals surface area contributed by atoms with Crippen molar-refractivity contribution in [3.8, 4) is 0 Å². The lowest BCUT2D eigenvalue weighted by Crippen LogP contribution is -2.48. The molecule has 2 rings (SSSR count). The average Bonchev–Trinajstić information content (AvgIpc) is 2.87. The van der Waals surface area contributed by atoms with Crippen LogP contribution in [0, 0.1) is 0 Å². The molecule has 0 unspecified atom stereocenters. The number of nitrogens with zero attached hydrogens (tertiary/aromatic N) is 3. The summed E-state index contributed by atoms with van der Waals surface area (Å²) in [4.78, 5) is 2.68. The number of aryl methyl sites for hydroxylation is 1. The smallest absolute Gasteiger partial charge is 0.244 e. The van der Waals surface area contributed by atoms with Gasteiger partial charge in [-0.2, -0.15) is 4.31 Å². The van der Waals surface area contributed by atoms with Crippen LogP contribution in [0.2, 0.25) is 0 Å². The van der Waals surface area contributed by atoms with E-state index in [1.165, 1.54) is 0 Å². The number of hydrogen-bond donors (Lipinski definition) is 1. The van der Waals surface area contributed by atoms with Crippen molar-refractivity contribution in [2.75, 3.05) is 39.3 Å². The van der Waals surface area contributed by atoms with Crippen LogP contribution in [0.3, 0.4) is 0 Å². The van der Waals surface area contributed by atoms with E-state index < -0.39 is 10.0 Å². The molecule has 0 amide bonds. The third-order valence-electron chi connectivity index (χ3n) is 4.06. The molecular formula is C14H26N4O2S. The lowest BCUT2D eigenvalue weighted by Gasteiger charge is -2.32. The molecule has 6 nitrogen and oxygen atoms in total. The van der Waals surface area contributed by atoms with Gasteiger partial charge in [-0.3, -0.25) is 0 Å². The van der Waals surface area contributed by atoms with Gasteiger partial charge in [-0.25, -0.2) is 8.42 Å². The predicted molar refractivity (Wildman–Crippen MR) is 83.7 cm³/mol. The Balaban J connectivity index is 2.13. The van der Waals surface area contributed by atoms with Crippen molar-refractivity contribution in [1.82, 2.24) is 19.1 Å². The van der Waals surface area contributed by atoms with Crippen molar-refractivity contribution in [3.63, 3.8) is 0 Å². The van der Waals surface area contributed by atoms with Gasteiger partial charge in [0.15, 0.2) is 0 Å². The van der Waals surface area contributed by atoms with Crippen LogP contribution in [0.1, 0.15) is 19.5 Å². The zero-order valence-corrected chi connectivity index (χ0v) is 14.0. The second kappa shape index (κ2) is 6.91. The molecule has 0 atom stereocenters. The van der Waals surface area contributed by atoms with E-state index >= 15 is 0 Å². The summed E-state index contributed by atoms with van der Waals surface area (Å²) in [7, 11) is -1.47. The topological polar surface area (TPSA) is 57.6 Å². The maximum Gasteiger partial charge on any atom is 0.244 e. The van der Waals surface area contributed by atoms with Gasteiger partial charge < -0.3 is 14.8 Å². The summed E-state index contributed by atoms with van der Waals surface area (Å²) in [5.74, 6) is 0. The fourth-order valence-electron chi connectivity index (χ4n) is 2.58. The summed E-state index contributed by atoms with van der Waals surface area (Å²) < 4.78 is 28.9. The molecule has 0 saturated carbocycles. The molecule has 1 fully saturated rings. The number of nitrogens with one attached hydrogen (secondary N) is 1. The van der Waals surface area contributed by atoms with E-state index in [1.54, 1.807) is 16.6 Å². The van der Waals surface area contributed by atoms with Gasteiger partial charge in [0.2, 0.25) is 10.0 Å². The number of hydrogen-bond acceptors (Lipinski definition) is 4. The Labute approximate surface area is 127 Å². The van der Waals surface area contributed by atoms with Gasteiger partial charge >= 0.3 is 0 Å². The second-order valence-corrected chi connectivity index (χ2v) is 7.33. The van der Waals surface area contributed by atoms with Crippen LogP contribution in [0.5, 0.6) is 0 Å². The first-order chi connectivity index (χ1) is 9.98. The Kier molecular flexibility index (Phi) is 5.43. The summed E-state index contributed by atoms with van der Waals surface area (Å²) in [5.41, 5.74) is 0.989. The third kappa shape index (κ3) is 3.66. The van der Waals surface area contributed by atoms with E-state index in [9.17, 15) is 8.42 Å². The Hall–Kier alpha value is -0.890. The van der Waals surface area contributed by atoms with Crippen LogP contribution < -0.4 is 5.32 Å². The van der Waals surface area contributed by atoms with Gasteiger partial charge in [0.25, 0.3) is 0 Å². The van der Waals surface area contributed by atoms with Gasteiger partial charge in [0.05, 0.1) is 0 Å². The minimum absolute atomic E-state index is 0.405. The number of piperazine rings is 1. The van der Waals surface area contributed by atoms with Crippen LogP contribution in [-0.2, 0) is 23.6 Å². The highest BCUT2D eigenvalue weighted by Gasteiger charge is 2.29. The van der Waals surface area contributed by atoms with E-state index in [-0.39, 0.29) is 0 Å². The lowest BCUT2D eigenvalue weighted by atomic mass is 10.4. The van der Waals surface area contributed by atoms with Crippen molar-refractivity contribution in [2.45, 2.75) is 25.3 Å². The van der Waals surface area contributed by atoms with E-state index in [1.807, 2.05) is 18.5 Å². The Morgan fingerprint density at radius 2 is 1.86 bits per heavy atom. The van der Waals surface area contributed by atoms with Crippen molar-refractivity contribution < 1.29 is 8.42 Å². The monoisotopic (exact) mass is 314 g/mol. The lowest BCUT2D eigenvalue weighted by molar-refractivity contribution is 0.196. The van der Waals surface area contributed by atoms with Crippen LogP contribution in [0.4, 0.5) is 0 Å². The summed E-state index contributed by atoms with van der Waals surface area (Å²) in [5, 5.41) is 3.23. The van der Waals surface area contributed by atoms with Crippen molar-refractivity contribution in [2.24, 2.45) is 7.05 Å². The van der Waals surface area contributed by atoms with Crippen LogP contribution in [0.15, 0.2) is 17.2 Å². The quantitative estimate of drug-likeness (QED) is 0.829. The Morgan fingerprint density at radius 3 is 2.43 bits per heavy atom. The Bertz CT molecular complexity index is 560. The van der Waals surface area contributed by atoms with Crippen molar-refractivity contribution in [3.05, 3.63) is 18.0 Å². The molecule has 1 aliphatic rings. The molecular weight excluding hydrogens is 288 g/mol. The predicted octanol–water partition coefficient (Wildman–Crippen LogP) is 0.461. The molecule has 1 aromatic rings. The molecule has 0 aliphatic carbocycles. The maximum absolute atomic E-state index is 12.7. The summed E-state index contributed by atoms with van der Waals surface area (Å²) in [6.45, 7) is 9.45. The Morgan fingerprint density at radius 1 is 1.19 bits per heavy atom. The molecule has 0 radical (unpaired) electrons. The van der Waals surface area contributed by atoms with Gasteiger partial charge in [-0.15, -0.1) is 0 Å². The van der Waals surface area contributed by atoms with Gasteiger partial charge in [-0.05, 0) is 19.2 Å². The molecule has 0 spiro atoms. The summed E-state index contributed by atoms with van der Waals surface area (Å²) >= 11 is 0. The molecule has 1 aromatic heterocycles. The summed E-state index contributed by atoms with van der Waals surface area (Å²) in [6.07, 6.45) is 1.72. The van der Waals surface area contributed by atoms with Crippen molar-refractivity contribution >= 4 is 10.0 Å². The van der Waals surface area contributed by atoms with Crippen LogP contribution >= 0.6 is 0 Å². The summed E-state index contributed by atoms with van der Waals surface area (Å²) in [6, 6.07) is 1.78.